The maximum Gasteiger partial charge on any atom is 0.326 e. The van der Waals surface area contributed by atoms with E-state index in [0.29, 0.717) is 46.2 Å². The summed E-state index contributed by atoms with van der Waals surface area (Å²) in [4.78, 5) is 30.4. The Morgan fingerprint density at radius 3 is 2.83 bits per heavy atom. The van der Waals surface area contributed by atoms with Gasteiger partial charge in [0.15, 0.2) is 5.82 Å². The minimum atomic E-state index is -2.80. The SMILES string of the molecule is O=C(O)C1CCCN1C(=O)Nc1sc2c(c1-c1nc(C3CC3)no1)CCC(F)(F)C2. The summed E-state index contributed by atoms with van der Waals surface area (Å²) >= 11 is 1.08. The molecule has 1 aliphatic heterocycles. The van der Waals surface area contributed by atoms with Crippen molar-refractivity contribution in [2.24, 2.45) is 0 Å². The first kappa shape index (κ1) is 19.4. The number of hydrogen-bond donors (Lipinski definition) is 2. The van der Waals surface area contributed by atoms with Crippen molar-refractivity contribution in [3.8, 4) is 11.5 Å². The van der Waals surface area contributed by atoms with Crippen molar-refractivity contribution >= 4 is 28.3 Å². The first-order chi connectivity index (χ1) is 14.3. The van der Waals surface area contributed by atoms with Gasteiger partial charge < -0.3 is 14.5 Å². The number of aromatic nitrogens is 2. The van der Waals surface area contributed by atoms with Gasteiger partial charge in [-0.15, -0.1) is 11.3 Å². The third kappa shape index (κ3) is 3.44. The van der Waals surface area contributed by atoms with Crippen LogP contribution in [0.5, 0.6) is 0 Å². The first-order valence-electron chi connectivity index (χ1n) is 9.99. The van der Waals surface area contributed by atoms with Gasteiger partial charge in [-0.1, -0.05) is 5.16 Å². The van der Waals surface area contributed by atoms with Crippen molar-refractivity contribution in [1.82, 2.24) is 15.0 Å². The highest BCUT2D eigenvalue weighted by molar-refractivity contribution is 7.17. The van der Waals surface area contributed by atoms with Gasteiger partial charge in [-0.2, -0.15) is 4.98 Å². The number of thiophene rings is 1. The molecule has 160 valence electrons. The molecule has 3 aliphatic rings. The highest BCUT2D eigenvalue weighted by Gasteiger charge is 2.40. The monoisotopic (exact) mass is 438 g/mol. The molecule has 0 bridgehead atoms. The van der Waals surface area contributed by atoms with Gasteiger partial charge in [-0.3, -0.25) is 5.32 Å². The molecule has 2 amide bonds. The zero-order valence-electron chi connectivity index (χ0n) is 16.0. The molecule has 0 radical (unpaired) electrons. The standard InChI is InChI=1S/C19H20F2N4O4S/c20-19(21)6-5-10-12(8-19)30-16(13(10)15-22-14(24-29-15)9-3-4-9)23-18(28)25-7-1-2-11(25)17(26)27/h9,11H,1-8H2,(H,23,28)(H,26,27). The van der Waals surface area contributed by atoms with E-state index >= 15 is 0 Å². The summed E-state index contributed by atoms with van der Waals surface area (Å²) in [6, 6.07) is -1.45. The van der Waals surface area contributed by atoms with E-state index in [1.807, 2.05) is 0 Å². The number of carboxylic acids is 1. The Kier molecular flexibility index (Phi) is 4.53. The molecule has 8 nitrogen and oxygen atoms in total. The Hall–Kier alpha value is -2.56. The summed E-state index contributed by atoms with van der Waals surface area (Å²) in [5.41, 5.74) is 1.19. The average Bonchev–Trinajstić information content (AvgIpc) is 3.10. The number of aliphatic carboxylic acids is 1. The van der Waals surface area contributed by atoms with Gasteiger partial charge in [0.25, 0.3) is 11.8 Å². The summed E-state index contributed by atoms with van der Waals surface area (Å²) in [5, 5.41) is 16.5. The molecule has 1 saturated heterocycles. The molecule has 1 unspecified atom stereocenters. The van der Waals surface area contributed by atoms with E-state index in [1.165, 1.54) is 4.90 Å². The van der Waals surface area contributed by atoms with Gasteiger partial charge in [-0.25, -0.2) is 18.4 Å². The number of nitrogens with zero attached hydrogens (tertiary/aromatic N) is 3. The maximum atomic E-state index is 14.0. The molecule has 0 spiro atoms. The molecule has 1 saturated carbocycles. The van der Waals surface area contributed by atoms with Crippen LogP contribution in [0, 0.1) is 0 Å². The number of carbonyl (C=O) groups is 2. The molecule has 5 rings (SSSR count). The number of likely N-dealkylation sites (tertiary alicyclic amines) is 1. The van der Waals surface area contributed by atoms with Crippen LogP contribution in [0.4, 0.5) is 18.6 Å². The lowest BCUT2D eigenvalue weighted by atomic mass is 9.92. The van der Waals surface area contributed by atoms with Gasteiger partial charge >= 0.3 is 12.0 Å². The fourth-order valence-corrected chi connectivity index (χ4v) is 5.45. The van der Waals surface area contributed by atoms with Gasteiger partial charge in [0, 0.05) is 30.2 Å². The maximum absolute atomic E-state index is 14.0. The van der Waals surface area contributed by atoms with Gasteiger partial charge in [0.05, 0.1) is 5.56 Å². The van der Waals surface area contributed by atoms with Gasteiger partial charge in [0.1, 0.15) is 11.0 Å². The van der Waals surface area contributed by atoms with Crippen molar-refractivity contribution in [1.29, 1.82) is 0 Å². The summed E-state index contributed by atoms with van der Waals surface area (Å²) in [6.07, 6.45) is 2.42. The number of halogens is 2. The number of rotatable bonds is 4. The van der Waals surface area contributed by atoms with E-state index in [-0.39, 0.29) is 24.7 Å². The number of alkyl halides is 2. The number of fused-ring (bicyclic) bond motifs is 1. The molecule has 3 heterocycles. The van der Waals surface area contributed by atoms with Crippen molar-refractivity contribution in [2.45, 2.75) is 62.8 Å². The van der Waals surface area contributed by atoms with Crippen LogP contribution >= 0.6 is 11.3 Å². The quantitative estimate of drug-likeness (QED) is 0.750. The van der Waals surface area contributed by atoms with E-state index < -0.39 is 30.4 Å². The van der Waals surface area contributed by atoms with Crippen LogP contribution < -0.4 is 5.32 Å². The fourth-order valence-electron chi connectivity index (χ4n) is 4.14. The highest BCUT2D eigenvalue weighted by Crippen LogP contribution is 2.48. The van der Waals surface area contributed by atoms with Crippen LogP contribution in [0.2, 0.25) is 0 Å². The molecule has 11 heteroatoms. The second kappa shape index (κ2) is 7.00. The number of carbonyl (C=O) groups excluding carboxylic acids is 1. The van der Waals surface area contributed by atoms with Crippen LogP contribution in [-0.4, -0.2) is 50.7 Å². The molecule has 2 aliphatic carbocycles. The molecule has 2 aromatic rings. The summed E-state index contributed by atoms with van der Waals surface area (Å²) in [6.45, 7) is 0.327. The molecule has 2 aromatic heterocycles. The first-order valence-corrected chi connectivity index (χ1v) is 10.8. The highest BCUT2D eigenvalue weighted by atomic mass is 32.1. The average molecular weight is 438 g/mol. The summed E-state index contributed by atoms with van der Waals surface area (Å²) in [7, 11) is 0. The molecule has 1 atom stereocenters. The summed E-state index contributed by atoms with van der Waals surface area (Å²) < 4.78 is 33.4. The number of carboxylic acid groups (broad SMARTS) is 1. The topological polar surface area (TPSA) is 109 Å². The number of urea groups is 1. The Morgan fingerprint density at radius 2 is 2.10 bits per heavy atom. The molecular weight excluding hydrogens is 418 g/mol. The van der Waals surface area contributed by atoms with Crippen molar-refractivity contribution in [3.05, 3.63) is 16.3 Å². The van der Waals surface area contributed by atoms with Crippen LogP contribution in [0.3, 0.4) is 0 Å². The van der Waals surface area contributed by atoms with Crippen LogP contribution in [-0.2, 0) is 17.6 Å². The number of amides is 2. The number of hydrogen-bond acceptors (Lipinski definition) is 6. The van der Waals surface area contributed by atoms with Crippen molar-refractivity contribution < 1.29 is 28.0 Å². The second-order valence-corrected chi connectivity index (χ2v) is 9.20. The van der Waals surface area contributed by atoms with Crippen molar-refractivity contribution in [2.75, 3.05) is 11.9 Å². The molecule has 30 heavy (non-hydrogen) atoms. The fraction of sp³-hybridized carbons (Fsp3) is 0.579. The molecular formula is C19H20F2N4O4S. The van der Waals surface area contributed by atoms with Crippen LogP contribution in [0.25, 0.3) is 11.5 Å². The minimum Gasteiger partial charge on any atom is -0.480 e. The number of nitrogens with one attached hydrogen (secondary N) is 1. The van der Waals surface area contributed by atoms with E-state index in [2.05, 4.69) is 15.5 Å². The molecule has 2 fully saturated rings. The van der Waals surface area contributed by atoms with E-state index in [4.69, 9.17) is 4.52 Å². The number of anilines is 1. The Balaban J connectivity index is 1.49. The van der Waals surface area contributed by atoms with E-state index in [0.717, 1.165) is 24.2 Å². The van der Waals surface area contributed by atoms with E-state index in [9.17, 15) is 23.5 Å². The lowest BCUT2D eigenvalue weighted by molar-refractivity contribution is -0.141. The van der Waals surface area contributed by atoms with Gasteiger partial charge in [0.2, 0.25) is 0 Å². The predicted molar refractivity (Wildman–Crippen MR) is 103 cm³/mol. The Morgan fingerprint density at radius 1 is 1.30 bits per heavy atom. The van der Waals surface area contributed by atoms with Crippen LogP contribution in [0.1, 0.15) is 54.3 Å². The second-order valence-electron chi connectivity index (χ2n) is 8.09. The van der Waals surface area contributed by atoms with Crippen molar-refractivity contribution in [3.63, 3.8) is 0 Å². The zero-order valence-corrected chi connectivity index (χ0v) is 16.8. The third-order valence-corrected chi connectivity index (χ3v) is 7.02. The molecule has 0 aromatic carbocycles. The molecule has 2 N–H and O–H groups in total. The third-order valence-electron chi connectivity index (χ3n) is 5.87. The summed E-state index contributed by atoms with van der Waals surface area (Å²) in [5.74, 6) is -2.78. The van der Waals surface area contributed by atoms with E-state index in [1.54, 1.807) is 0 Å². The predicted octanol–water partition coefficient (Wildman–Crippen LogP) is 3.88. The Labute approximate surface area is 174 Å². The normalized spacial score (nSPS) is 22.7. The largest absolute Gasteiger partial charge is 0.480 e. The lowest BCUT2D eigenvalue weighted by Crippen LogP contribution is -2.42. The minimum absolute atomic E-state index is 0.145. The Bertz CT molecular complexity index is 1020. The zero-order chi connectivity index (χ0) is 21.0. The smallest absolute Gasteiger partial charge is 0.326 e. The van der Waals surface area contributed by atoms with Crippen LogP contribution in [0.15, 0.2) is 4.52 Å². The lowest BCUT2D eigenvalue weighted by Gasteiger charge is -2.22. The van der Waals surface area contributed by atoms with Gasteiger partial charge in [-0.05, 0) is 37.7 Å².